The zero-order valence-electron chi connectivity index (χ0n) is 19.9. The predicted octanol–water partition coefficient (Wildman–Crippen LogP) is 3.16. The van der Waals surface area contributed by atoms with Gasteiger partial charge in [0, 0.05) is 56.7 Å². The molecule has 34 heavy (non-hydrogen) atoms. The van der Waals surface area contributed by atoms with E-state index in [1.807, 2.05) is 6.20 Å². The maximum Gasteiger partial charge on any atom is 0.224 e. The van der Waals surface area contributed by atoms with Crippen LogP contribution in [0.2, 0.25) is 0 Å². The van der Waals surface area contributed by atoms with Crippen LogP contribution in [0.1, 0.15) is 42.4 Å². The van der Waals surface area contributed by atoms with Gasteiger partial charge in [-0.1, -0.05) is 24.3 Å². The fourth-order valence-electron chi connectivity index (χ4n) is 5.18. The summed E-state index contributed by atoms with van der Waals surface area (Å²) in [6.45, 7) is 5.56. The number of benzene rings is 1. The van der Waals surface area contributed by atoms with Crippen LogP contribution in [0.15, 0.2) is 30.5 Å². The summed E-state index contributed by atoms with van der Waals surface area (Å²) in [5, 5.41) is 3.46. The largest absolute Gasteiger partial charge is 0.381 e. The first-order chi connectivity index (χ1) is 16.4. The lowest BCUT2D eigenvalue weighted by Crippen LogP contribution is -2.43. The van der Waals surface area contributed by atoms with E-state index in [9.17, 15) is 8.42 Å². The van der Waals surface area contributed by atoms with E-state index in [0.717, 1.165) is 56.8 Å². The van der Waals surface area contributed by atoms with Gasteiger partial charge in [0.1, 0.15) is 5.82 Å². The van der Waals surface area contributed by atoms with Gasteiger partial charge in [0.25, 0.3) is 0 Å². The average Bonchev–Trinajstić information content (AvgIpc) is 2.84. The van der Waals surface area contributed by atoms with E-state index in [4.69, 9.17) is 9.72 Å². The number of nitrogens with zero attached hydrogens (tertiary/aromatic N) is 4. The fourth-order valence-corrected chi connectivity index (χ4v) is 6.06. The van der Waals surface area contributed by atoms with Gasteiger partial charge in [0.2, 0.25) is 16.0 Å². The lowest BCUT2D eigenvalue weighted by Gasteiger charge is -2.39. The number of aryl methyl sites for hydroxylation is 1. The third-order valence-electron chi connectivity index (χ3n) is 7.12. The summed E-state index contributed by atoms with van der Waals surface area (Å²) in [7, 11) is -3.13. The van der Waals surface area contributed by atoms with Crippen molar-refractivity contribution in [2.75, 3.05) is 49.3 Å². The number of sulfonamides is 1. The van der Waals surface area contributed by atoms with Crippen LogP contribution in [0.3, 0.4) is 0 Å². The monoisotopic (exact) mass is 483 g/mol. The van der Waals surface area contributed by atoms with Crippen molar-refractivity contribution < 1.29 is 13.2 Å². The molecule has 0 aliphatic carbocycles. The summed E-state index contributed by atoms with van der Waals surface area (Å²) in [6.07, 6.45) is 8.87. The molecule has 1 N–H and O–H groups in total. The van der Waals surface area contributed by atoms with Crippen molar-refractivity contribution in [2.24, 2.45) is 0 Å². The molecule has 0 unspecified atom stereocenters. The molecule has 1 aromatic heterocycles. The Kier molecular flexibility index (Phi) is 6.59. The van der Waals surface area contributed by atoms with Crippen LogP contribution >= 0.6 is 0 Å². The molecule has 0 radical (unpaired) electrons. The number of hydrogen-bond donors (Lipinski definition) is 1. The van der Waals surface area contributed by atoms with Crippen molar-refractivity contribution in [1.29, 1.82) is 0 Å². The maximum absolute atomic E-state index is 11.8. The number of anilines is 2. The van der Waals surface area contributed by atoms with Crippen LogP contribution in [0, 0.1) is 6.92 Å². The highest BCUT2D eigenvalue weighted by Gasteiger charge is 2.30. The summed E-state index contributed by atoms with van der Waals surface area (Å²) < 4.78 is 30.8. The molecular formula is C25H33N5O3S. The molecule has 0 atom stereocenters. The van der Waals surface area contributed by atoms with E-state index in [1.54, 1.807) is 4.31 Å². The van der Waals surface area contributed by atoms with Crippen LogP contribution in [0.4, 0.5) is 11.8 Å². The van der Waals surface area contributed by atoms with E-state index < -0.39 is 10.0 Å². The van der Waals surface area contributed by atoms with Gasteiger partial charge in [-0.3, -0.25) is 0 Å². The second-order valence-electron chi connectivity index (χ2n) is 9.51. The van der Waals surface area contributed by atoms with E-state index >= 15 is 0 Å². The van der Waals surface area contributed by atoms with Crippen LogP contribution < -0.4 is 10.2 Å². The summed E-state index contributed by atoms with van der Waals surface area (Å²) in [6, 6.07) is 9.05. The quantitative estimate of drug-likeness (QED) is 0.699. The zero-order chi connectivity index (χ0) is 23.7. The first-order valence-electron chi connectivity index (χ1n) is 12.1. The molecule has 2 aromatic rings. The van der Waals surface area contributed by atoms with E-state index in [2.05, 4.69) is 52.5 Å². The van der Waals surface area contributed by atoms with E-state index in [0.29, 0.717) is 25.1 Å². The third kappa shape index (κ3) is 4.96. The number of piperidine rings is 1. The Balaban J connectivity index is 1.41. The number of ether oxygens (including phenoxy) is 1. The molecule has 0 amide bonds. The van der Waals surface area contributed by atoms with Crippen molar-refractivity contribution in [3.63, 3.8) is 0 Å². The van der Waals surface area contributed by atoms with Crippen LogP contribution in [-0.4, -0.2) is 73.9 Å². The van der Waals surface area contributed by atoms with Gasteiger partial charge < -0.3 is 15.0 Å². The zero-order valence-corrected chi connectivity index (χ0v) is 20.7. The van der Waals surface area contributed by atoms with Crippen LogP contribution in [0.5, 0.6) is 0 Å². The molecule has 0 spiro atoms. The standard InChI is InChI=1S/C25H33N5O3S/c1-18-5-3-4-6-23(18)20-15-19-16-26-25(27-21-7-11-29(12-8-21)34(2,31)32)28-24(19)30(17-20)22-9-13-33-14-10-22/h3-6,15-16,21-22H,7-14,17H2,1-2H3,(H,26,27,28). The summed E-state index contributed by atoms with van der Waals surface area (Å²) in [5.74, 6) is 1.58. The number of rotatable bonds is 5. The van der Waals surface area contributed by atoms with Gasteiger partial charge in [-0.15, -0.1) is 0 Å². The second-order valence-corrected chi connectivity index (χ2v) is 11.5. The van der Waals surface area contributed by atoms with Gasteiger partial charge in [0.15, 0.2) is 0 Å². The Hall–Kier alpha value is -2.49. The molecule has 3 aliphatic rings. The van der Waals surface area contributed by atoms with Crippen molar-refractivity contribution >= 4 is 33.4 Å². The molecule has 182 valence electrons. The summed E-state index contributed by atoms with van der Waals surface area (Å²) in [5.41, 5.74) is 4.86. The van der Waals surface area contributed by atoms with E-state index in [1.165, 1.54) is 23.0 Å². The molecule has 2 saturated heterocycles. The lowest BCUT2D eigenvalue weighted by atomic mass is 9.94. The minimum Gasteiger partial charge on any atom is -0.381 e. The summed E-state index contributed by atoms with van der Waals surface area (Å²) >= 11 is 0. The fraction of sp³-hybridized carbons (Fsp3) is 0.520. The molecule has 5 rings (SSSR count). The van der Waals surface area contributed by atoms with Crippen molar-refractivity contribution in [3.05, 3.63) is 47.2 Å². The van der Waals surface area contributed by atoms with Gasteiger partial charge in [-0.05, 0) is 55.4 Å². The molecule has 9 heteroatoms. The smallest absolute Gasteiger partial charge is 0.224 e. The molecule has 0 saturated carbocycles. The molecule has 4 heterocycles. The first-order valence-corrected chi connectivity index (χ1v) is 13.9. The number of fused-ring (bicyclic) bond motifs is 1. The maximum atomic E-state index is 11.8. The summed E-state index contributed by atoms with van der Waals surface area (Å²) in [4.78, 5) is 12.0. The van der Waals surface area contributed by atoms with Gasteiger partial charge in [-0.2, -0.15) is 4.98 Å². The highest BCUT2D eigenvalue weighted by Crippen LogP contribution is 2.36. The minimum absolute atomic E-state index is 0.161. The SMILES string of the molecule is Cc1ccccc1C1=Cc2cnc(NC3CCN(S(C)(=O)=O)CC3)nc2N(C2CCOCC2)C1. The third-order valence-corrected chi connectivity index (χ3v) is 8.42. The van der Waals surface area contributed by atoms with E-state index in [-0.39, 0.29) is 6.04 Å². The molecule has 3 aliphatic heterocycles. The molecule has 2 fully saturated rings. The van der Waals surface area contributed by atoms with Gasteiger partial charge >= 0.3 is 0 Å². The van der Waals surface area contributed by atoms with Crippen molar-refractivity contribution in [2.45, 2.75) is 44.7 Å². The highest BCUT2D eigenvalue weighted by atomic mass is 32.2. The number of aromatic nitrogens is 2. The van der Waals surface area contributed by atoms with Gasteiger partial charge in [-0.25, -0.2) is 17.7 Å². The topological polar surface area (TPSA) is 87.7 Å². The predicted molar refractivity (Wildman–Crippen MR) is 135 cm³/mol. The molecule has 0 bridgehead atoms. The number of nitrogens with one attached hydrogen (secondary N) is 1. The second kappa shape index (κ2) is 9.64. The Morgan fingerprint density at radius 2 is 1.82 bits per heavy atom. The average molecular weight is 484 g/mol. The normalized spacial score (nSPS) is 20.6. The Labute approximate surface area is 202 Å². The Bertz CT molecular complexity index is 1170. The Morgan fingerprint density at radius 3 is 2.53 bits per heavy atom. The van der Waals surface area contributed by atoms with Crippen molar-refractivity contribution in [3.8, 4) is 0 Å². The highest BCUT2D eigenvalue weighted by molar-refractivity contribution is 7.88. The van der Waals surface area contributed by atoms with Crippen molar-refractivity contribution in [1.82, 2.24) is 14.3 Å². The molecule has 8 nitrogen and oxygen atoms in total. The van der Waals surface area contributed by atoms with Crippen LogP contribution in [-0.2, 0) is 14.8 Å². The minimum atomic E-state index is -3.13. The van der Waals surface area contributed by atoms with Gasteiger partial charge in [0.05, 0.1) is 6.26 Å². The number of hydrogen-bond acceptors (Lipinski definition) is 7. The first kappa shape index (κ1) is 23.3. The van der Waals surface area contributed by atoms with Crippen LogP contribution in [0.25, 0.3) is 11.6 Å². The lowest BCUT2D eigenvalue weighted by molar-refractivity contribution is 0.0848. The molecule has 1 aromatic carbocycles. The Morgan fingerprint density at radius 1 is 1.09 bits per heavy atom. The molecular weight excluding hydrogens is 450 g/mol.